The van der Waals surface area contributed by atoms with Gasteiger partial charge in [-0.25, -0.2) is 8.42 Å². The lowest BCUT2D eigenvalue weighted by atomic mass is 10.5. The molecule has 0 aliphatic carbocycles. The topological polar surface area (TPSA) is 125 Å². The van der Waals surface area contributed by atoms with Gasteiger partial charge in [0.25, 0.3) is 0 Å². The van der Waals surface area contributed by atoms with Gasteiger partial charge in [-0.3, -0.25) is 5.10 Å². The van der Waals surface area contributed by atoms with E-state index in [1.54, 1.807) is 6.92 Å². The number of aromatic nitrogens is 2. The molecule has 8 nitrogen and oxygen atoms in total. The summed E-state index contributed by atoms with van der Waals surface area (Å²) < 4.78 is 24.9. The van der Waals surface area contributed by atoms with E-state index in [2.05, 4.69) is 15.4 Å². The molecule has 0 saturated carbocycles. The van der Waals surface area contributed by atoms with Crippen LogP contribution in [0.1, 0.15) is 5.69 Å². The van der Waals surface area contributed by atoms with E-state index < -0.39 is 10.0 Å². The third-order valence-electron chi connectivity index (χ3n) is 1.98. The predicted molar refractivity (Wildman–Crippen MR) is 56.5 cm³/mol. The second-order valence-corrected chi connectivity index (χ2v) is 5.22. The summed E-state index contributed by atoms with van der Waals surface area (Å²) in [6, 6.07) is 0. The van der Waals surface area contributed by atoms with E-state index in [0.29, 0.717) is 5.69 Å². The predicted octanol–water partition coefficient (Wildman–Crippen LogP) is -0.915. The number of hydrogen-bond donors (Lipinski definition) is 3. The van der Waals surface area contributed by atoms with Crippen molar-refractivity contribution < 1.29 is 13.6 Å². The molecule has 0 aromatic carbocycles. The number of sulfonamides is 1. The summed E-state index contributed by atoms with van der Waals surface area (Å²) in [4.78, 5) is 0.0701. The zero-order chi connectivity index (χ0) is 12.3. The van der Waals surface area contributed by atoms with Gasteiger partial charge >= 0.3 is 0 Å². The molecule has 9 heteroatoms. The molecule has 0 aliphatic rings. The van der Waals surface area contributed by atoms with Crippen molar-refractivity contribution in [1.29, 1.82) is 0 Å². The van der Waals surface area contributed by atoms with Crippen LogP contribution >= 0.6 is 0 Å². The molecule has 1 aromatic rings. The molecule has 0 bridgehead atoms. The van der Waals surface area contributed by atoms with Crippen LogP contribution in [0.15, 0.2) is 16.2 Å². The van der Waals surface area contributed by atoms with Gasteiger partial charge in [0, 0.05) is 7.05 Å². The van der Waals surface area contributed by atoms with Gasteiger partial charge in [0.1, 0.15) is 4.90 Å². The zero-order valence-electron chi connectivity index (χ0n) is 8.88. The monoisotopic (exact) mass is 247 g/mol. The van der Waals surface area contributed by atoms with Gasteiger partial charge in [0.15, 0.2) is 5.84 Å². The smallest absolute Gasteiger partial charge is 0.246 e. The maximum absolute atomic E-state index is 11.9. The Morgan fingerprint density at radius 2 is 2.38 bits per heavy atom. The molecule has 1 aromatic heterocycles. The van der Waals surface area contributed by atoms with Gasteiger partial charge < -0.3 is 10.9 Å². The summed E-state index contributed by atoms with van der Waals surface area (Å²) in [5.41, 5.74) is 5.67. The molecular formula is C7H13N5O3S. The van der Waals surface area contributed by atoms with Crippen LogP contribution in [0.25, 0.3) is 0 Å². The first kappa shape index (κ1) is 12.5. The summed E-state index contributed by atoms with van der Waals surface area (Å²) in [5.74, 6) is -0.188. The summed E-state index contributed by atoms with van der Waals surface area (Å²) in [6.07, 6.45) is 1.22. The van der Waals surface area contributed by atoms with Crippen molar-refractivity contribution in [2.45, 2.75) is 11.8 Å². The number of oxime groups is 1. The number of amidine groups is 1. The van der Waals surface area contributed by atoms with Crippen molar-refractivity contribution in [2.24, 2.45) is 10.9 Å². The molecule has 0 radical (unpaired) electrons. The third kappa shape index (κ3) is 2.31. The molecular weight excluding hydrogens is 234 g/mol. The highest BCUT2D eigenvalue weighted by Gasteiger charge is 2.24. The van der Waals surface area contributed by atoms with E-state index >= 15 is 0 Å². The van der Waals surface area contributed by atoms with Crippen molar-refractivity contribution in [3.05, 3.63) is 11.9 Å². The summed E-state index contributed by atoms with van der Waals surface area (Å²) in [6.45, 7) is 1.40. The molecule has 0 saturated heterocycles. The fourth-order valence-corrected chi connectivity index (χ4v) is 2.37. The average Bonchev–Trinajstić information content (AvgIpc) is 2.64. The highest BCUT2D eigenvalue weighted by atomic mass is 32.2. The van der Waals surface area contributed by atoms with Crippen molar-refractivity contribution in [2.75, 3.05) is 13.6 Å². The Morgan fingerprint density at radius 3 is 2.81 bits per heavy atom. The van der Waals surface area contributed by atoms with Crippen LogP contribution in [0.4, 0.5) is 0 Å². The number of likely N-dealkylation sites (N-methyl/N-ethyl adjacent to an activating group) is 1. The molecule has 1 rings (SSSR count). The number of aromatic amines is 1. The number of nitrogens with two attached hydrogens (primary N) is 1. The van der Waals surface area contributed by atoms with Gasteiger partial charge in [0.05, 0.1) is 18.4 Å². The minimum atomic E-state index is -3.66. The standard InChI is InChI=1S/C7H13N5O3S/c1-5-6(3-9-10-5)16(14,15)12(2)4-7(8)11-13/h3,13H,4H2,1-2H3,(H2,8,11)(H,9,10). The first-order valence-corrected chi connectivity index (χ1v) is 5.76. The van der Waals surface area contributed by atoms with Crippen molar-refractivity contribution in [3.8, 4) is 0 Å². The zero-order valence-corrected chi connectivity index (χ0v) is 9.69. The van der Waals surface area contributed by atoms with Crippen molar-refractivity contribution >= 4 is 15.9 Å². The van der Waals surface area contributed by atoms with E-state index in [1.165, 1.54) is 13.2 Å². The van der Waals surface area contributed by atoms with E-state index in [9.17, 15) is 8.42 Å². The van der Waals surface area contributed by atoms with Crippen LogP contribution in [-0.4, -0.2) is 47.6 Å². The molecule has 0 atom stereocenters. The number of aryl methyl sites for hydroxylation is 1. The van der Waals surface area contributed by atoms with Gasteiger partial charge in [-0.05, 0) is 6.92 Å². The molecule has 4 N–H and O–H groups in total. The highest BCUT2D eigenvalue weighted by molar-refractivity contribution is 7.89. The number of H-pyrrole nitrogens is 1. The largest absolute Gasteiger partial charge is 0.409 e. The Morgan fingerprint density at radius 1 is 1.75 bits per heavy atom. The Hall–Kier alpha value is -1.61. The third-order valence-corrected chi connectivity index (χ3v) is 3.90. The number of hydrogen-bond acceptors (Lipinski definition) is 5. The van der Waals surface area contributed by atoms with E-state index in [1.807, 2.05) is 0 Å². The van der Waals surface area contributed by atoms with E-state index in [-0.39, 0.29) is 17.3 Å². The molecule has 90 valence electrons. The van der Waals surface area contributed by atoms with Crippen LogP contribution in [-0.2, 0) is 10.0 Å². The minimum Gasteiger partial charge on any atom is -0.409 e. The summed E-state index contributed by atoms with van der Waals surface area (Å²) in [7, 11) is -2.33. The first-order valence-electron chi connectivity index (χ1n) is 4.32. The lowest BCUT2D eigenvalue weighted by Crippen LogP contribution is -2.35. The van der Waals surface area contributed by atoms with Crippen LogP contribution in [0, 0.1) is 6.92 Å². The lowest BCUT2D eigenvalue weighted by molar-refractivity contribution is 0.315. The molecule has 0 unspecified atom stereocenters. The Balaban J connectivity index is 3.00. The quantitative estimate of drug-likeness (QED) is 0.275. The normalized spacial score (nSPS) is 13.3. The fourth-order valence-electron chi connectivity index (χ4n) is 1.11. The maximum atomic E-state index is 11.9. The summed E-state index contributed by atoms with van der Waals surface area (Å²) in [5, 5.41) is 17.2. The average molecular weight is 247 g/mol. The number of rotatable bonds is 4. The Labute approximate surface area is 92.8 Å². The SMILES string of the molecule is Cc1[nH]ncc1S(=O)(=O)N(C)CC(N)=NO. The molecule has 0 spiro atoms. The van der Waals surface area contributed by atoms with Gasteiger partial charge in [-0.15, -0.1) is 0 Å². The molecule has 0 aliphatic heterocycles. The molecule has 16 heavy (non-hydrogen) atoms. The van der Waals surface area contributed by atoms with Crippen LogP contribution < -0.4 is 5.73 Å². The van der Waals surface area contributed by atoms with Crippen molar-refractivity contribution in [3.63, 3.8) is 0 Å². The van der Waals surface area contributed by atoms with E-state index in [0.717, 1.165) is 4.31 Å². The van der Waals surface area contributed by atoms with Gasteiger partial charge in [-0.2, -0.15) is 9.40 Å². The van der Waals surface area contributed by atoms with Gasteiger partial charge in [-0.1, -0.05) is 5.16 Å². The second-order valence-electron chi connectivity index (χ2n) is 3.21. The fraction of sp³-hybridized carbons (Fsp3) is 0.429. The molecule has 0 amide bonds. The lowest BCUT2D eigenvalue weighted by Gasteiger charge is -2.15. The molecule has 1 heterocycles. The molecule has 0 fully saturated rings. The Kier molecular flexibility index (Phi) is 3.50. The second kappa shape index (κ2) is 4.49. The van der Waals surface area contributed by atoms with Crippen LogP contribution in [0.2, 0.25) is 0 Å². The van der Waals surface area contributed by atoms with Gasteiger partial charge in [0.2, 0.25) is 10.0 Å². The van der Waals surface area contributed by atoms with Crippen LogP contribution in [0.3, 0.4) is 0 Å². The Bertz CT molecular complexity index is 492. The first-order chi connectivity index (χ1) is 7.39. The highest BCUT2D eigenvalue weighted by Crippen LogP contribution is 2.15. The maximum Gasteiger partial charge on any atom is 0.246 e. The van der Waals surface area contributed by atoms with Crippen LogP contribution in [0.5, 0.6) is 0 Å². The summed E-state index contributed by atoms with van der Waals surface area (Å²) >= 11 is 0. The number of nitrogens with zero attached hydrogens (tertiary/aromatic N) is 3. The number of nitrogens with one attached hydrogen (secondary N) is 1. The van der Waals surface area contributed by atoms with E-state index in [4.69, 9.17) is 10.9 Å². The van der Waals surface area contributed by atoms with Crippen molar-refractivity contribution in [1.82, 2.24) is 14.5 Å². The minimum absolute atomic E-state index is 0.0701.